The Bertz CT molecular complexity index is 584. The average Bonchev–Trinajstić information content (AvgIpc) is 2.65. The number of benzene rings is 1. The van der Waals surface area contributed by atoms with E-state index in [0.717, 1.165) is 23.3 Å². The van der Waals surface area contributed by atoms with Crippen molar-refractivity contribution >= 4 is 10.9 Å². The molecule has 0 bridgehead atoms. The SMILES string of the molecule is CC(C)n1c(CCO)cc2cc(C(F)(F)F)ccc21. The highest BCUT2D eigenvalue weighted by Crippen LogP contribution is 2.33. The quantitative estimate of drug-likeness (QED) is 0.903. The molecule has 0 radical (unpaired) electrons. The van der Waals surface area contributed by atoms with Crippen LogP contribution in [0.1, 0.15) is 31.1 Å². The fourth-order valence-corrected chi connectivity index (χ4v) is 2.39. The van der Waals surface area contributed by atoms with Crippen molar-refractivity contribution < 1.29 is 18.3 Å². The van der Waals surface area contributed by atoms with Gasteiger partial charge in [-0.25, -0.2) is 0 Å². The second-order valence-electron chi connectivity index (χ2n) is 4.84. The number of halogens is 3. The zero-order valence-corrected chi connectivity index (χ0v) is 10.8. The van der Waals surface area contributed by atoms with Gasteiger partial charge in [-0.2, -0.15) is 13.2 Å². The highest BCUT2D eigenvalue weighted by Gasteiger charge is 2.30. The molecule has 0 unspecified atom stereocenters. The van der Waals surface area contributed by atoms with Gasteiger partial charge in [-0.3, -0.25) is 0 Å². The first-order valence-corrected chi connectivity index (χ1v) is 6.16. The van der Waals surface area contributed by atoms with Crippen LogP contribution in [-0.2, 0) is 12.6 Å². The van der Waals surface area contributed by atoms with E-state index in [0.29, 0.717) is 11.8 Å². The smallest absolute Gasteiger partial charge is 0.396 e. The minimum Gasteiger partial charge on any atom is -0.396 e. The lowest BCUT2D eigenvalue weighted by molar-refractivity contribution is -0.137. The number of aliphatic hydroxyl groups excluding tert-OH is 1. The van der Waals surface area contributed by atoms with E-state index in [9.17, 15) is 13.2 Å². The minimum absolute atomic E-state index is 0.0187. The molecular formula is C14H16F3NO. The number of hydrogen-bond donors (Lipinski definition) is 1. The summed E-state index contributed by atoms with van der Waals surface area (Å²) in [5.41, 5.74) is 0.981. The van der Waals surface area contributed by atoms with Crippen LogP contribution in [0.5, 0.6) is 0 Å². The first-order chi connectivity index (χ1) is 8.84. The lowest BCUT2D eigenvalue weighted by Crippen LogP contribution is -2.07. The van der Waals surface area contributed by atoms with Crippen molar-refractivity contribution in [3.63, 3.8) is 0 Å². The van der Waals surface area contributed by atoms with Crippen molar-refractivity contribution in [1.29, 1.82) is 0 Å². The van der Waals surface area contributed by atoms with Gasteiger partial charge in [0, 0.05) is 35.7 Å². The highest BCUT2D eigenvalue weighted by molar-refractivity contribution is 5.82. The Morgan fingerprint density at radius 1 is 1.21 bits per heavy atom. The first-order valence-electron chi connectivity index (χ1n) is 6.16. The van der Waals surface area contributed by atoms with Crippen LogP contribution in [0.25, 0.3) is 10.9 Å². The van der Waals surface area contributed by atoms with E-state index in [1.807, 2.05) is 18.4 Å². The summed E-state index contributed by atoms with van der Waals surface area (Å²) in [5, 5.41) is 9.60. The van der Waals surface area contributed by atoms with E-state index in [4.69, 9.17) is 5.11 Å². The van der Waals surface area contributed by atoms with Gasteiger partial charge in [-0.05, 0) is 38.1 Å². The molecule has 2 aromatic rings. The molecule has 19 heavy (non-hydrogen) atoms. The molecule has 0 aliphatic rings. The molecule has 104 valence electrons. The normalized spacial score (nSPS) is 12.6. The van der Waals surface area contributed by atoms with Gasteiger partial charge in [0.15, 0.2) is 0 Å². The van der Waals surface area contributed by atoms with Crippen LogP contribution >= 0.6 is 0 Å². The lowest BCUT2D eigenvalue weighted by Gasteiger charge is -2.14. The van der Waals surface area contributed by atoms with Gasteiger partial charge in [0.25, 0.3) is 0 Å². The molecular weight excluding hydrogens is 255 g/mol. The van der Waals surface area contributed by atoms with Crippen LogP contribution in [-0.4, -0.2) is 16.3 Å². The Labute approximate surface area is 109 Å². The topological polar surface area (TPSA) is 25.2 Å². The third-order valence-corrected chi connectivity index (χ3v) is 3.13. The molecule has 0 fully saturated rings. The van der Waals surface area contributed by atoms with Crippen LogP contribution in [0.15, 0.2) is 24.3 Å². The Balaban J connectivity index is 2.62. The van der Waals surface area contributed by atoms with E-state index < -0.39 is 11.7 Å². The molecule has 2 rings (SSSR count). The van der Waals surface area contributed by atoms with Crippen LogP contribution in [0, 0.1) is 0 Å². The van der Waals surface area contributed by atoms with Crippen LogP contribution < -0.4 is 0 Å². The zero-order valence-electron chi connectivity index (χ0n) is 10.8. The second-order valence-corrected chi connectivity index (χ2v) is 4.84. The summed E-state index contributed by atoms with van der Waals surface area (Å²) >= 11 is 0. The maximum absolute atomic E-state index is 12.7. The summed E-state index contributed by atoms with van der Waals surface area (Å²) in [7, 11) is 0. The molecule has 2 nitrogen and oxygen atoms in total. The Kier molecular flexibility index (Phi) is 3.58. The average molecular weight is 271 g/mol. The van der Waals surface area contributed by atoms with Crippen molar-refractivity contribution in [3.05, 3.63) is 35.5 Å². The maximum atomic E-state index is 12.7. The summed E-state index contributed by atoms with van der Waals surface area (Å²) < 4.78 is 40.0. The Morgan fingerprint density at radius 3 is 2.42 bits per heavy atom. The number of alkyl halides is 3. The van der Waals surface area contributed by atoms with E-state index in [1.165, 1.54) is 6.07 Å². The van der Waals surface area contributed by atoms with Crippen molar-refractivity contribution in [2.24, 2.45) is 0 Å². The van der Waals surface area contributed by atoms with Gasteiger partial charge in [0.05, 0.1) is 5.56 Å². The molecule has 1 aromatic heterocycles. The fourth-order valence-electron chi connectivity index (χ4n) is 2.39. The third kappa shape index (κ3) is 2.61. The van der Waals surface area contributed by atoms with Gasteiger partial charge in [-0.1, -0.05) is 0 Å². The molecule has 1 heterocycles. The molecule has 0 aliphatic carbocycles. The molecule has 0 atom stereocenters. The highest BCUT2D eigenvalue weighted by atomic mass is 19.4. The molecule has 1 aromatic carbocycles. The molecule has 0 aliphatic heterocycles. The second kappa shape index (κ2) is 4.89. The molecule has 0 saturated heterocycles. The van der Waals surface area contributed by atoms with E-state index in [-0.39, 0.29) is 12.6 Å². The first kappa shape index (κ1) is 13.9. The number of fused-ring (bicyclic) bond motifs is 1. The number of nitrogens with zero attached hydrogens (tertiary/aromatic N) is 1. The summed E-state index contributed by atoms with van der Waals surface area (Å²) in [5.74, 6) is 0. The van der Waals surface area contributed by atoms with Gasteiger partial charge < -0.3 is 9.67 Å². The van der Waals surface area contributed by atoms with E-state index >= 15 is 0 Å². The largest absolute Gasteiger partial charge is 0.416 e. The maximum Gasteiger partial charge on any atom is 0.416 e. The summed E-state index contributed by atoms with van der Waals surface area (Å²) in [4.78, 5) is 0. The summed E-state index contributed by atoms with van der Waals surface area (Å²) in [6.45, 7) is 3.92. The zero-order chi connectivity index (χ0) is 14.2. The molecule has 0 amide bonds. The lowest BCUT2D eigenvalue weighted by atomic mass is 10.1. The standard InChI is InChI=1S/C14H16F3NO/c1-9(2)18-12(5-6-19)8-10-7-11(14(15,16)17)3-4-13(10)18/h3-4,7-9,19H,5-6H2,1-2H3. The predicted molar refractivity (Wildman–Crippen MR) is 68.1 cm³/mol. The Morgan fingerprint density at radius 2 is 1.89 bits per heavy atom. The molecule has 0 saturated carbocycles. The van der Waals surface area contributed by atoms with Gasteiger partial charge in [0.1, 0.15) is 0 Å². The number of rotatable bonds is 3. The monoisotopic (exact) mass is 271 g/mol. The van der Waals surface area contributed by atoms with Crippen molar-refractivity contribution in [1.82, 2.24) is 4.57 Å². The fraction of sp³-hybridized carbons (Fsp3) is 0.429. The minimum atomic E-state index is -4.33. The van der Waals surface area contributed by atoms with E-state index in [1.54, 1.807) is 6.07 Å². The van der Waals surface area contributed by atoms with Crippen LogP contribution in [0.2, 0.25) is 0 Å². The van der Waals surface area contributed by atoms with Crippen molar-refractivity contribution in [2.75, 3.05) is 6.61 Å². The van der Waals surface area contributed by atoms with Crippen LogP contribution in [0.4, 0.5) is 13.2 Å². The Hall–Kier alpha value is -1.49. The predicted octanol–water partition coefficient (Wildman–Crippen LogP) is 3.78. The van der Waals surface area contributed by atoms with Gasteiger partial charge >= 0.3 is 6.18 Å². The summed E-state index contributed by atoms with van der Waals surface area (Å²) in [6.07, 6.45) is -3.89. The third-order valence-electron chi connectivity index (χ3n) is 3.13. The number of aliphatic hydroxyl groups is 1. The molecule has 5 heteroatoms. The van der Waals surface area contributed by atoms with E-state index in [2.05, 4.69) is 0 Å². The van der Waals surface area contributed by atoms with Crippen LogP contribution in [0.3, 0.4) is 0 Å². The number of hydrogen-bond acceptors (Lipinski definition) is 1. The summed E-state index contributed by atoms with van der Waals surface area (Å²) in [6, 6.07) is 5.62. The number of aromatic nitrogens is 1. The van der Waals surface area contributed by atoms with Crippen molar-refractivity contribution in [3.8, 4) is 0 Å². The van der Waals surface area contributed by atoms with Gasteiger partial charge in [0.2, 0.25) is 0 Å². The molecule has 0 spiro atoms. The van der Waals surface area contributed by atoms with Crippen molar-refractivity contribution in [2.45, 2.75) is 32.5 Å². The molecule has 1 N–H and O–H groups in total. The van der Waals surface area contributed by atoms with Gasteiger partial charge in [-0.15, -0.1) is 0 Å².